The first-order valence-corrected chi connectivity index (χ1v) is 7.72. The highest BCUT2D eigenvalue weighted by molar-refractivity contribution is 6.01. The Morgan fingerprint density at radius 1 is 0.840 bits per heavy atom. The molecule has 1 rings (SSSR count). The third kappa shape index (κ3) is 9.59. The van der Waals surface area contributed by atoms with E-state index in [-0.39, 0.29) is 45.7 Å². The van der Waals surface area contributed by atoms with Crippen LogP contribution in [0.5, 0.6) is 0 Å². The fraction of sp³-hybridized carbons (Fsp3) is 0.714. The fourth-order valence-corrected chi connectivity index (χ4v) is 1.70. The van der Waals surface area contributed by atoms with Crippen molar-refractivity contribution in [2.75, 3.05) is 46.2 Å². The van der Waals surface area contributed by atoms with Gasteiger partial charge >= 0.3 is 12.1 Å². The molecule has 1 aliphatic rings. The highest BCUT2D eigenvalue weighted by atomic mass is 16.7. The van der Waals surface area contributed by atoms with Crippen molar-refractivity contribution < 1.29 is 43.0 Å². The maximum atomic E-state index is 11.5. The zero-order valence-corrected chi connectivity index (χ0v) is 13.8. The van der Waals surface area contributed by atoms with Crippen LogP contribution in [0.3, 0.4) is 0 Å². The summed E-state index contributed by atoms with van der Waals surface area (Å²) in [5.41, 5.74) is 4.77. The lowest BCUT2D eigenvalue weighted by molar-refractivity contribution is -0.198. The van der Waals surface area contributed by atoms with Crippen LogP contribution in [0.15, 0.2) is 0 Å². The van der Waals surface area contributed by atoms with Crippen molar-refractivity contribution in [3.63, 3.8) is 0 Å². The van der Waals surface area contributed by atoms with Crippen LogP contribution >= 0.6 is 0 Å². The lowest BCUT2D eigenvalue weighted by Gasteiger charge is -2.12. The number of carbonyl (C=O) groups excluding carboxylic acids is 4. The van der Waals surface area contributed by atoms with Crippen molar-refractivity contribution in [2.24, 2.45) is 5.73 Å². The second-order valence-corrected chi connectivity index (χ2v) is 4.80. The van der Waals surface area contributed by atoms with E-state index in [2.05, 4.69) is 9.57 Å². The number of primary amides is 1. The smallest absolute Gasteiger partial charge is 0.404 e. The molecule has 142 valence electrons. The van der Waals surface area contributed by atoms with Gasteiger partial charge in [0.1, 0.15) is 6.61 Å². The van der Waals surface area contributed by atoms with Gasteiger partial charge in [-0.1, -0.05) is 0 Å². The summed E-state index contributed by atoms with van der Waals surface area (Å²) < 4.78 is 19.9. The number of nitrogens with two attached hydrogens (primary N) is 1. The normalized spacial score (nSPS) is 14.0. The van der Waals surface area contributed by atoms with Gasteiger partial charge in [-0.3, -0.25) is 9.59 Å². The molecule has 3 amide bonds. The number of hydrogen-bond donors (Lipinski definition) is 1. The minimum atomic E-state index is -0.848. The van der Waals surface area contributed by atoms with E-state index in [0.717, 1.165) is 0 Å². The lowest BCUT2D eigenvalue weighted by Crippen LogP contribution is -2.32. The number of amides is 3. The average Bonchev–Trinajstić information content (AvgIpc) is 2.87. The summed E-state index contributed by atoms with van der Waals surface area (Å²) >= 11 is 0. The Morgan fingerprint density at radius 3 is 1.84 bits per heavy atom. The van der Waals surface area contributed by atoms with Crippen LogP contribution in [-0.4, -0.2) is 75.2 Å². The van der Waals surface area contributed by atoms with Gasteiger partial charge in [-0.25, -0.2) is 9.59 Å². The van der Waals surface area contributed by atoms with Crippen molar-refractivity contribution in [3.8, 4) is 0 Å². The fourth-order valence-electron chi connectivity index (χ4n) is 1.70. The van der Waals surface area contributed by atoms with E-state index in [1.165, 1.54) is 0 Å². The number of carbonyl (C=O) groups is 4. The van der Waals surface area contributed by atoms with Crippen molar-refractivity contribution in [1.29, 1.82) is 0 Å². The Labute approximate surface area is 144 Å². The van der Waals surface area contributed by atoms with Crippen molar-refractivity contribution in [3.05, 3.63) is 0 Å². The zero-order chi connectivity index (χ0) is 18.5. The van der Waals surface area contributed by atoms with E-state index < -0.39 is 23.9 Å². The topological polar surface area (TPSA) is 144 Å². The van der Waals surface area contributed by atoms with E-state index >= 15 is 0 Å². The van der Waals surface area contributed by atoms with Crippen LogP contribution in [0.2, 0.25) is 0 Å². The molecule has 0 unspecified atom stereocenters. The van der Waals surface area contributed by atoms with Crippen LogP contribution < -0.4 is 5.73 Å². The van der Waals surface area contributed by atoms with Crippen LogP contribution in [0.25, 0.3) is 0 Å². The Balaban J connectivity index is 1.87. The molecule has 0 aliphatic carbocycles. The van der Waals surface area contributed by atoms with E-state index in [9.17, 15) is 19.2 Å². The van der Waals surface area contributed by atoms with Crippen molar-refractivity contribution in [1.82, 2.24) is 5.06 Å². The van der Waals surface area contributed by atoms with E-state index in [1.54, 1.807) is 0 Å². The standard InChI is InChI=1S/C14H22N2O9/c15-14(20)24-10-9-23-8-7-22-6-5-21-4-3-13(19)25-16-11(17)1-2-12(16)18/h1-10H2,(H2,15,20). The minimum absolute atomic E-state index is 0.0574. The van der Waals surface area contributed by atoms with Gasteiger partial charge in [0.25, 0.3) is 11.8 Å². The summed E-state index contributed by atoms with van der Waals surface area (Å²) in [6.45, 7) is 1.63. The van der Waals surface area contributed by atoms with Gasteiger partial charge in [0.05, 0.1) is 46.1 Å². The molecule has 0 aromatic carbocycles. The van der Waals surface area contributed by atoms with Crippen LogP contribution in [0.4, 0.5) is 4.79 Å². The zero-order valence-electron chi connectivity index (χ0n) is 13.8. The molecule has 1 saturated heterocycles. The van der Waals surface area contributed by atoms with Crippen LogP contribution in [0.1, 0.15) is 19.3 Å². The predicted molar refractivity (Wildman–Crippen MR) is 79.8 cm³/mol. The molecule has 0 aromatic heterocycles. The quantitative estimate of drug-likeness (QED) is 0.326. The first-order chi connectivity index (χ1) is 12.0. The summed E-state index contributed by atoms with van der Waals surface area (Å²) in [7, 11) is 0. The molecule has 0 atom stereocenters. The molecule has 1 aliphatic heterocycles. The number of ether oxygens (including phenoxy) is 4. The molecule has 1 fully saturated rings. The Hall–Kier alpha value is -2.24. The Bertz CT molecular complexity index is 453. The highest BCUT2D eigenvalue weighted by Gasteiger charge is 2.32. The number of hydroxylamine groups is 2. The van der Waals surface area contributed by atoms with E-state index in [0.29, 0.717) is 24.9 Å². The van der Waals surface area contributed by atoms with Gasteiger partial charge in [-0.2, -0.15) is 0 Å². The summed E-state index contributed by atoms with van der Waals surface area (Å²) in [5, 5.41) is 0.500. The average molecular weight is 362 g/mol. The highest BCUT2D eigenvalue weighted by Crippen LogP contribution is 2.12. The monoisotopic (exact) mass is 362 g/mol. The van der Waals surface area contributed by atoms with Crippen LogP contribution in [0, 0.1) is 0 Å². The second-order valence-electron chi connectivity index (χ2n) is 4.80. The summed E-state index contributed by atoms with van der Waals surface area (Å²) in [6.07, 6.45) is -0.816. The predicted octanol–water partition coefficient (Wildman–Crippen LogP) is -0.871. The number of hydrogen-bond acceptors (Lipinski definition) is 9. The number of imide groups is 1. The molecule has 0 bridgehead atoms. The third-order valence-electron chi connectivity index (χ3n) is 2.87. The maximum Gasteiger partial charge on any atom is 0.404 e. The molecule has 0 spiro atoms. The molecule has 0 aromatic rings. The van der Waals surface area contributed by atoms with Gasteiger partial charge in [0.2, 0.25) is 0 Å². The number of nitrogens with zero attached hydrogens (tertiary/aromatic N) is 1. The molecule has 0 radical (unpaired) electrons. The second kappa shape index (κ2) is 12.2. The van der Waals surface area contributed by atoms with Crippen molar-refractivity contribution >= 4 is 23.9 Å². The summed E-state index contributed by atoms with van der Waals surface area (Å²) in [5.74, 6) is -1.75. The van der Waals surface area contributed by atoms with E-state index in [1.807, 2.05) is 0 Å². The molecule has 11 heteroatoms. The van der Waals surface area contributed by atoms with Gasteiger partial charge in [0, 0.05) is 12.8 Å². The molecule has 0 saturated carbocycles. The molecule has 2 N–H and O–H groups in total. The van der Waals surface area contributed by atoms with Gasteiger partial charge in [0.15, 0.2) is 0 Å². The minimum Gasteiger partial charge on any atom is -0.447 e. The molecular weight excluding hydrogens is 340 g/mol. The van der Waals surface area contributed by atoms with Gasteiger partial charge in [-0.15, -0.1) is 5.06 Å². The summed E-state index contributed by atoms with van der Waals surface area (Å²) in [6, 6.07) is 0. The Morgan fingerprint density at radius 2 is 1.32 bits per heavy atom. The maximum absolute atomic E-state index is 11.5. The molecular formula is C14H22N2O9. The number of rotatable bonds is 13. The van der Waals surface area contributed by atoms with Crippen molar-refractivity contribution in [2.45, 2.75) is 19.3 Å². The lowest BCUT2D eigenvalue weighted by atomic mass is 10.4. The van der Waals surface area contributed by atoms with Crippen LogP contribution in [-0.2, 0) is 38.2 Å². The largest absolute Gasteiger partial charge is 0.447 e. The Kier molecular flexibility index (Phi) is 10.1. The first kappa shape index (κ1) is 20.8. The molecule has 25 heavy (non-hydrogen) atoms. The molecule has 11 nitrogen and oxygen atoms in total. The first-order valence-electron chi connectivity index (χ1n) is 7.72. The van der Waals surface area contributed by atoms with Gasteiger partial charge in [-0.05, 0) is 0 Å². The third-order valence-corrected chi connectivity index (χ3v) is 2.87. The summed E-state index contributed by atoms with van der Waals surface area (Å²) in [4.78, 5) is 48.9. The van der Waals surface area contributed by atoms with E-state index in [4.69, 9.17) is 19.9 Å². The molecule has 1 heterocycles. The van der Waals surface area contributed by atoms with Gasteiger partial charge < -0.3 is 29.5 Å². The SMILES string of the molecule is NC(=O)OCCOCCOCCOCCC(=O)ON1C(=O)CCC1=O.